The molecule has 0 unspecified atom stereocenters. The topological polar surface area (TPSA) is 80.2 Å². The van der Waals surface area contributed by atoms with Crippen LogP contribution in [-0.2, 0) is 13.2 Å². The highest BCUT2D eigenvalue weighted by molar-refractivity contribution is 7.18. The summed E-state index contributed by atoms with van der Waals surface area (Å²) in [6.07, 6.45) is 1.81. The molecule has 0 amide bonds. The Morgan fingerprint density at radius 2 is 1.62 bits per heavy atom. The van der Waals surface area contributed by atoms with E-state index in [2.05, 4.69) is 10.1 Å². The molecule has 0 saturated heterocycles. The number of nitrogens with zero attached hydrogens (tertiary/aromatic N) is 3. The van der Waals surface area contributed by atoms with Crippen LogP contribution in [0, 0.1) is 0 Å². The van der Waals surface area contributed by atoms with Crippen molar-refractivity contribution >= 4 is 27.3 Å². The Balaban J connectivity index is 1.19. The molecule has 0 atom stereocenters. The van der Waals surface area contributed by atoms with E-state index < -0.39 is 0 Å². The molecule has 6 rings (SSSR count). The highest BCUT2D eigenvalue weighted by atomic mass is 32.1. The van der Waals surface area contributed by atoms with Gasteiger partial charge in [0.1, 0.15) is 41.7 Å². The standard InChI is InChI=1S/C28H23N3O5S/c1-32-21-12-24(35-17-19-8-10-20(11-9-19)34-16-18-6-4-3-5-7-18)22-14-26(36-25(22)13-21)23-15-31-27(29-23)37-28(30-31)33-2/h3-15H,16-17H2,1-2H3. The van der Waals surface area contributed by atoms with Crippen LogP contribution in [0.2, 0.25) is 0 Å². The molecule has 3 aromatic carbocycles. The quantitative estimate of drug-likeness (QED) is 0.222. The zero-order chi connectivity index (χ0) is 25.2. The number of fused-ring (bicyclic) bond motifs is 2. The number of hydrogen-bond donors (Lipinski definition) is 0. The molecule has 37 heavy (non-hydrogen) atoms. The monoisotopic (exact) mass is 513 g/mol. The van der Waals surface area contributed by atoms with Crippen molar-refractivity contribution in [2.75, 3.05) is 14.2 Å². The summed E-state index contributed by atoms with van der Waals surface area (Å²) >= 11 is 1.36. The van der Waals surface area contributed by atoms with Gasteiger partial charge in [0.15, 0.2) is 5.76 Å². The first-order chi connectivity index (χ1) is 18.2. The number of rotatable bonds is 9. The molecule has 0 aliphatic rings. The van der Waals surface area contributed by atoms with Crippen molar-refractivity contribution in [1.82, 2.24) is 14.6 Å². The Kier molecular flexibility index (Phi) is 6.11. The summed E-state index contributed by atoms with van der Waals surface area (Å²) in [5.41, 5.74) is 3.47. The molecule has 0 saturated carbocycles. The predicted molar refractivity (Wildman–Crippen MR) is 141 cm³/mol. The summed E-state index contributed by atoms with van der Waals surface area (Å²) < 4.78 is 30.5. The van der Waals surface area contributed by atoms with Gasteiger partial charge in [-0.15, -0.1) is 5.10 Å². The Labute approximate surface area is 216 Å². The van der Waals surface area contributed by atoms with Gasteiger partial charge in [-0.1, -0.05) is 42.5 Å². The number of benzene rings is 3. The van der Waals surface area contributed by atoms with Gasteiger partial charge < -0.3 is 23.4 Å². The molecule has 8 nitrogen and oxygen atoms in total. The van der Waals surface area contributed by atoms with Gasteiger partial charge in [-0.3, -0.25) is 0 Å². The molecule has 3 heterocycles. The zero-order valence-corrected chi connectivity index (χ0v) is 21.0. The van der Waals surface area contributed by atoms with Crippen molar-refractivity contribution in [3.05, 3.63) is 90.1 Å². The Bertz CT molecular complexity index is 1620. The van der Waals surface area contributed by atoms with Crippen LogP contribution in [0.4, 0.5) is 0 Å². The number of aromatic nitrogens is 3. The molecule has 0 aliphatic carbocycles. The first kappa shape index (κ1) is 22.9. The zero-order valence-electron chi connectivity index (χ0n) is 20.2. The van der Waals surface area contributed by atoms with E-state index in [0.29, 0.717) is 46.9 Å². The summed E-state index contributed by atoms with van der Waals surface area (Å²) in [5.74, 6) is 2.73. The molecule has 9 heteroatoms. The lowest BCUT2D eigenvalue weighted by Crippen LogP contribution is -1.98. The van der Waals surface area contributed by atoms with E-state index in [-0.39, 0.29) is 0 Å². The maximum absolute atomic E-state index is 6.21. The first-order valence-electron chi connectivity index (χ1n) is 11.6. The predicted octanol–water partition coefficient (Wildman–Crippen LogP) is 6.38. The van der Waals surface area contributed by atoms with E-state index >= 15 is 0 Å². The fourth-order valence-corrected chi connectivity index (χ4v) is 4.61. The smallest absolute Gasteiger partial charge is 0.294 e. The largest absolute Gasteiger partial charge is 0.496 e. The van der Waals surface area contributed by atoms with Crippen LogP contribution in [0.1, 0.15) is 11.1 Å². The van der Waals surface area contributed by atoms with Gasteiger partial charge >= 0.3 is 0 Å². The molecule has 0 radical (unpaired) electrons. The van der Waals surface area contributed by atoms with Crippen molar-refractivity contribution in [2.45, 2.75) is 13.2 Å². The number of methoxy groups -OCH3 is 2. The number of hydrogen-bond acceptors (Lipinski definition) is 8. The Morgan fingerprint density at radius 1 is 0.838 bits per heavy atom. The van der Waals surface area contributed by atoms with Crippen LogP contribution < -0.4 is 18.9 Å². The minimum absolute atomic E-state index is 0.381. The van der Waals surface area contributed by atoms with Crippen LogP contribution in [0.15, 0.2) is 83.4 Å². The minimum atomic E-state index is 0.381. The normalized spacial score (nSPS) is 11.2. The average Bonchev–Trinajstić information content (AvgIpc) is 3.64. The molecule has 186 valence electrons. The third kappa shape index (κ3) is 4.81. The molecule has 0 N–H and O–H groups in total. The van der Waals surface area contributed by atoms with E-state index in [1.807, 2.05) is 79.0 Å². The molecule has 3 aromatic heterocycles. The van der Waals surface area contributed by atoms with E-state index in [4.69, 9.17) is 23.4 Å². The van der Waals surface area contributed by atoms with E-state index in [0.717, 1.165) is 27.2 Å². The van der Waals surface area contributed by atoms with Gasteiger partial charge in [0.25, 0.3) is 5.19 Å². The van der Waals surface area contributed by atoms with Crippen LogP contribution in [0.3, 0.4) is 0 Å². The summed E-state index contributed by atoms with van der Waals surface area (Å²) in [7, 11) is 3.20. The van der Waals surface area contributed by atoms with Crippen LogP contribution in [-0.4, -0.2) is 28.8 Å². The first-order valence-corrected chi connectivity index (χ1v) is 12.4. The maximum atomic E-state index is 6.21. The van der Waals surface area contributed by atoms with Crippen molar-refractivity contribution in [2.24, 2.45) is 0 Å². The average molecular weight is 514 g/mol. The third-order valence-electron chi connectivity index (χ3n) is 5.83. The SMILES string of the molecule is COc1cc(OCc2ccc(OCc3ccccc3)cc2)c2cc(-c3cn4nc(OC)sc4n3)oc2c1. The van der Waals surface area contributed by atoms with E-state index in [9.17, 15) is 0 Å². The van der Waals surface area contributed by atoms with Gasteiger partial charge in [-0.05, 0) is 40.7 Å². The van der Waals surface area contributed by atoms with Crippen molar-refractivity contribution in [3.63, 3.8) is 0 Å². The minimum Gasteiger partial charge on any atom is -0.496 e. The van der Waals surface area contributed by atoms with Crippen molar-refractivity contribution < 1.29 is 23.4 Å². The van der Waals surface area contributed by atoms with Gasteiger partial charge in [-0.25, -0.2) is 9.50 Å². The van der Waals surface area contributed by atoms with Crippen LogP contribution in [0.5, 0.6) is 22.4 Å². The number of imidazole rings is 1. The lowest BCUT2D eigenvalue weighted by Gasteiger charge is -2.10. The molecular formula is C28H23N3O5S. The molecule has 0 aliphatic heterocycles. The molecule has 0 fully saturated rings. The molecule has 6 aromatic rings. The van der Waals surface area contributed by atoms with Crippen molar-refractivity contribution in [3.8, 4) is 33.9 Å². The van der Waals surface area contributed by atoms with Crippen molar-refractivity contribution in [1.29, 1.82) is 0 Å². The Hall–Kier alpha value is -4.50. The van der Waals surface area contributed by atoms with Crippen LogP contribution in [0.25, 0.3) is 27.4 Å². The molecule has 0 spiro atoms. The second-order valence-corrected chi connectivity index (χ2v) is 9.20. The Morgan fingerprint density at radius 3 is 2.38 bits per heavy atom. The number of ether oxygens (including phenoxy) is 4. The second-order valence-electron chi connectivity index (χ2n) is 8.28. The molecular weight excluding hydrogens is 490 g/mol. The highest BCUT2D eigenvalue weighted by Gasteiger charge is 2.17. The van der Waals surface area contributed by atoms with Crippen LogP contribution >= 0.6 is 11.3 Å². The second kappa shape index (κ2) is 9.87. The summed E-state index contributed by atoms with van der Waals surface area (Å²) in [4.78, 5) is 5.34. The summed E-state index contributed by atoms with van der Waals surface area (Å²) in [6.45, 7) is 0.908. The van der Waals surface area contributed by atoms with Gasteiger partial charge in [-0.2, -0.15) is 0 Å². The highest BCUT2D eigenvalue weighted by Crippen LogP contribution is 2.37. The lowest BCUT2D eigenvalue weighted by atomic mass is 10.2. The third-order valence-corrected chi connectivity index (χ3v) is 6.71. The molecule has 0 bridgehead atoms. The fourth-order valence-electron chi connectivity index (χ4n) is 3.91. The lowest BCUT2D eigenvalue weighted by molar-refractivity contribution is 0.301. The summed E-state index contributed by atoms with van der Waals surface area (Å²) in [6, 6.07) is 23.6. The van der Waals surface area contributed by atoms with E-state index in [1.54, 1.807) is 18.7 Å². The van der Waals surface area contributed by atoms with E-state index in [1.165, 1.54) is 11.3 Å². The fraction of sp³-hybridized carbons (Fsp3) is 0.143. The van der Waals surface area contributed by atoms with Gasteiger partial charge in [0, 0.05) is 12.1 Å². The number of furan rings is 1. The van der Waals surface area contributed by atoms with Gasteiger partial charge in [0.2, 0.25) is 4.96 Å². The summed E-state index contributed by atoms with van der Waals surface area (Å²) in [5, 5.41) is 5.71. The van der Waals surface area contributed by atoms with Gasteiger partial charge in [0.05, 0.1) is 25.8 Å². The maximum Gasteiger partial charge on any atom is 0.294 e.